The van der Waals surface area contributed by atoms with Gasteiger partial charge in [0.05, 0.1) is 6.04 Å². The van der Waals surface area contributed by atoms with Crippen molar-refractivity contribution in [3.63, 3.8) is 0 Å². The number of hydrogen-bond acceptors (Lipinski definition) is 4. The number of nitrogens with one attached hydrogen (secondary N) is 2. The number of alkyl carbamates (subject to hydrolysis) is 1. The van der Waals surface area contributed by atoms with E-state index in [9.17, 15) is 4.79 Å². The number of hydrogen-bond donors (Lipinski definition) is 3. The summed E-state index contributed by atoms with van der Waals surface area (Å²) in [6.07, 6.45) is 1.20. The summed E-state index contributed by atoms with van der Waals surface area (Å²) < 4.78 is 5.06. The van der Waals surface area contributed by atoms with Crippen LogP contribution in [0.25, 0.3) is 0 Å². The molecule has 0 aromatic heterocycles. The largest absolute Gasteiger partial charge is 0.444 e. The third kappa shape index (κ3) is 6.42. The monoisotopic (exact) mass is 230 g/mol. The Morgan fingerprint density at radius 3 is 2.50 bits per heavy atom. The molecule has 0 aliphatic rings. The van der Waals surface area contributed by atoms with Gasteiger partial charge in [0.2, 0.25) is 0 Å². The summed E-state index contributed by atoms with van der Waals surface area (Å²) in [4.78, 5) is 11.3. The molecule has 0 rings (SSSR count). The Morgan fingerprint density at radius 2 is 2.12 bits per heavy atom. The lowest BCUT2D eigenvalue weighted by Crippen LogP contribution is -2.44. The molecule has 0 radical (unpaired) electrons. The zero-order valence-electron chi connectivity index (χ0n) is 10.4. The normalized spacial score (nSPS) is 15.1. The van der Waals surface area contributed by atoms with Crippen molar-refractivity contribution in [2.75, 3.05) is 6.54 Å². The number of rotatable bonds is 5. The van der Waals surface area contributed by atoms with E-state index in [-0.39, 0.29) is 18.5 Å². The van der Waals surface area contributed by atoms with Crippen molar-refractivity contribution in [1.82, 2.24) is 10.8 Å². The van der Waals surface area contributed by atoms with Crippen LogP contribution in [-0.4, -0.2) is 29.5 Å². The molecule has 16 heavy (non-hydrogen) atoms. The molecule has 5 nitrogen and oxygen atoms in total. The molecular weight excluding hydrogens is 208 g/mol. The van der Waals surface area contributed by atoms with E-state index in [0.29, 0.717) is 0 Å². The Hall–Kier alpha value is -1.07. The van der Waals surface area contributed by atoms with Gasteiger partial charge in [0.1, 0.15) is 5.60 Å². The van der Waals surface area contributed by atoms with Crippen LogP contribution in [0.2, 0.25) is 0 Å². The van der Waals surface area contributed by atoms with Gasteiger partial charge < -0.3 is 15.3 Å². The highest BCUT2D eigenvalue weighted by molar-refractivity contribution is 5.67. The fourth-order valence-electron chi connectivity index (χ4n) is 1.02. The molecule has 0 fully saturated rings. The highest BCUT2D eigenvalue weighted by atomic mass is 16.6. The van der Waals surface area contributed by atoms with Gasteiger partial charge >= 0.3 is 6.09 Å². The first kappa shape index (κ1) is 14.9. The first-order valence-electron chi connectivity index (χ1n) is 5.29. The van der Waals surface area contributed by atoms with Gasteiger partial charge in [0, 0.05) is 6.54 Å². The van der Waals surface area contributed by atoms with E-state index in [4.69, 9.17) is 9.94 Å². The lowest BCUT2D eigenvalue weighted by atomic mass is 10.0. The van der Waals surface area contributed by atoms with E-state index < -0.39 is 11.7 Å². The Morgan fingerprint density at radius 1 is 1.56 bits per heavy atom. The Balaban J connectivity index is 4.03. The van der Waals surface area contributed by atoms with Crippen LogP contribution < -0.4 is 10.8 Å². The fraction of sp³-hybridized carbons (Fsp3) is 0.727. The lowest BCUT2D eigenvalue weighted by Gasteiger charge is -2.23. The number of amides is 1. The predicted molar refractivity (Wildman–Crippen MR) is 62.3 cm³/mol. The molecular formula is C11H22N2O3. The van der Waals surface area contributed by atoms with E-state index in [1.807, 2.05) is 6.92 Å². The van der Waals surface area contributed by atoms with Crippen molar-refractivity contribution in [2.45, 2.75) is 39.3 Å². The van der Waals surface area contributed by atoms with Crippen molar-refractivity contribution in [2.24, 2.45) is 5.92 Å². The van der Waals surface area contributed by atoms with Crippen LogP contribution in [-0.2, 0) is 4.74 Å². The summed E-state index contributed by atoms with van der Waals surface area (Å²) in [7, 11) is 0. The molecule has 0 aromatic carbocycles. The number of carbonyl (C=O) groups is 1. The van der Waals surface area contributed by atoms with E-state index in [1.54, 1.807) is 26.8 Å². The molecule has 0 aliphatic carbocycles. The van der Waals surface area contributed by atoms with Gasteiger partial charge in [0.25, 0.3) is 0 Å². The van der Waals surface area contributed by atoms with Gasteiger partial charge in [-0.1, -0.05) is 13.0 Å². The van der Waals surface area contributed by atoms with Crippen LogP contribution in [0.3, 0.4) is 0 Å². The van der Waals surface area contributed by atoms with Gasteiger partial charge in [-0.05, 0) is 26.7 Å². The topological polar surface area (TPSA) is 70.6 Å². The van der Waals surface area contributed by atoms with Gasteiger partial charge in [-0.3, -0.25) is 0 Å². The van der Waals surface area contributed by atoms with Gasteiger partial charge in [-0.2, -0.15) is 0 Å². The minimum atomic E-state index is -0.518. The van der Waals surface area contributed by atoms with Crippen LogP contribution in [0.4, 0.5) is 4.79 Å². The molecule has 0 aromatic rings. The SMILES string of the molecule is C=C[C@H](C)[C@@H](CNC(=O)OC(C)(C)C)NO. The molecule has 1 amide bonds. The highest BCUT2D eigenvalue weighted by Gasteiger charge is 2.18. The molecule has 0 spiro atoms. The third-order valence-corrected chi connectivity index (χ3v) is 2.04. The number of ether oxygens (including phenoxy) is 1. The molecule has 0 saturated carbocycles. The number of hydroxylamine groups is 1. The zero-order valence-corrected chi connectivity index (χ0v) is 10.4. The maximum atomic E-state index is 11.3. The first-order chi connectivity index (χ1) is 7.30. The van der Waals surface area contributed by atoms with Gasteiger partial charge in [-0.25, -0.2) is 10.3 Å². The maximum absolute atomic E-state index is 11.3. The average Bonchev–Trinajstić information content (AvgIpc) is 2.15. The molecule has 5 heteroatoms. The summed E-state index contributed by atoms with van der Waals surface area (Å²) in [5, 5.41) is 11.5. The van der Waals surface area contributed by atoms with Gasteiger partial charge in [0.15, 0.2) is 0 Å². The van der Waals surface area contributed by atoms with E-state index >= 15 is 0 Å². The molecule has 94 valence electrons. The molecule has 0 saturated heterocycles. The molecule has 0 bridgehead atoms. The lowest BCUT2D eigenvalue weighted by molar-refractivity contribution is 0.0492. The van der Waals surface area contributed by atoms with E-state index in [0.717, 1.165) is 0 Å². The van der Waals surface area contributed by atoms with E-state index in [2.05, 4.69) is 17.4 Å². The van der Waals surface area contributed by atoms with Crippen molar-refractivity contribution in [3.8, 4) is 0 Å². The van der Waals surface area contributed by atoms with E-state index in [1.165, 1.54) is 0 Å². The van der Waals surface area contributed by atoms with Crippen LogP contribution in [0.5, 0.6) is 0 Å². The second-order valence-corrected chi connectivity index (χ2v) is 4.71. The minimum absolute atomic E-state index is 0.0416. The fourth-order valence-corrected chi connectivity index (χ4v) is 1.02. The highest BCUT2D eigenvalue weighted by Crippen LogP contribution is 2.07. The summed E-state index contributed by atoms with van der Waals surface area (Å²) in [6, 6.07) is -0.273. The van der Waals surface area contributed by atoms with Crippen molar-refractivity contribution in [1.29, 1.82) is 0 Å². The number of carbonyl (C=O) groups excluding carboxylic acids is 1. The van der Waals surface area contributed by atoms with Crippen LogP contribution in [0.1, 0.15) is 27.7 Å². The maximum Gasteiger partial charge on any atom is 0.407 e. The minimum Gasteiger partial charge on any atom is -0.444 e. The molecule has 0 heterocycles. The Labute approximate surface area is 96.8 Å². The summed E-state index contributed by atoms with van der Waals surface area (Å²) in [5.41, 5.74) is 1.61. The Kier molecular flexibility index (Phi) is 6.06. The second-order valence-electron chi connectivity index (χ2n) is 4.71. The predicted octanol–water partition coefficient (Wildman–Crippen LogP) is 1.68. The van der Waals surface area contributed by atoms with Crippen LogP contribution in [0.15, 0.2) is 12.7 Å². The summed E-state index contributed by atoms with van der Waals surface area (Å²) in [6.45, 7) is 11.2. The zero-order chi connectivity index (χ0) is 12.8. The standard InChI is InChI=1S/C11H22N2O3/c1-6-8(2)9(13-15)7-12-10(14)16-11(3,4)5/h6,8-9,13,15H,1,7H2,2-5H3,(H,12,14)/t8-,9+/m0/s1. The van der Waals surface area contributed by atoms with Gasteiger partial charge in [-0.15, -0.1) is 6.58 Å². The van der Waals surface area contributed by atoms with Crippen LogP contribution >= 0.6 is 0 Å². The quantitative estimate of drug-likeness (QED) is 0.496. The molecule has 0 unspecified atom stereocenters. The smallest absolute Gasteiger partial charge is 0.407 e. The molecule has 0 aliphatic heterocycles. The molecule has 3 N–H and O–H groups in total. The summed E-state index contributed by atoms with van der Waals surface area (Å²) >= 11 is 0. The average molecular weight is 230 g/mol. The Bertz CT molecular complexity index is 236. The summed E-state index contributed by atoms with van der Waals surface area (Å²) in [5.74, 6) is 0.0416. The third-order valence-electron chi connectivity index (χ3n) is 2.04. The van der Waals surface area contributed by atoms with Crippen molar-refractivity contribution >= 4 is 6.09 Å². The first-order valence-corrected chi connectivity index (χ1v) is 5.29. The van der Waals surface area contributed by atoms with Crippen LogP contribution in [0, 0.1) is 5.92 Å². The second kappa shape index (κ2) is 6.50. The molecule has 2 atom stereocenters. The van der Waals surface area contributed by atoms with Crippen molar-refractivity contribution in [3.05, 3.63) is 12.7 Å². The van der Waals surface area contributed by atoms with Crippen molar-refractivity contribution < 1.29 is 14.7 Å².